The number of nitrogens with zero attached hydrogens (tertiary/aromatic N) is 3. The molecular formula is C11H17N3. The molecule has 3 heteroatoms. The lowest BCUT2D eigenvalue weighted by molar-refractivity contribution is 0.548. The molecule has 1 rings (SSSR count). The fraction of sp³-hybridized carbons (Fsp3) is 0.636. The molecule has 0 bridgehead atoms. The molecule has 0 aliphatic carbocycles. The van der Waals surface area contributed by atoms with Gasteiger partial charge in [-0.1, -0.05) is 20.8 Å². The van der Waals surface area contributed by atoms with Crippen LogP contribution in [0.2, 0.25) is 0 Å². The molecule has 0 fully saturated rings. The van der Waals surface area contributed by atoms with Crippen LogP contribution >= 0.6 is 0 Å². The molecule has 0 amide bonds. The van der Waals surface area contributed by atoms with Crippen molar-refractivity contribution in [1.82, 2.24) is 9.78 Å². The second-order valence-corrected chi connectivity index (χ2v) is 4.56. The molecule has 14 heavy (non-hydrogen) atoms. The average Bonchev–Trinajstić information content (AvgIpc) is 2.42. The minimum absolute atomic E-state index is 0.0681. The summed E-state index contributed by atoms with van der Waals surface area (Å²) in [6.45, 7) is 13.8. The maximum atomic E-state index is 6.78. The van der Waals surface area contributed by atoms with E-state index in [2.05, 4.69) is 30.7 Å². The number of aryl methyl sites for hydroxylation is 1. The standard InChI is InChI=1S/C11H17N3/c1-11(2,3)10-9(6-7-12-4)8-14(5)13-10/h8H,6-7H2,1-3,5H3. The van der Waals surface area contributed by atoms with E-state index in [-0.39, 0.29) is 5.41 Å². The van der Waals surface area contributed by atoms with Crippen LogP contribution in [0, 0.1) is 6.57 Å². The molecule has 0 N–H and O–H groups in total. The van der Waals surface area contributed by atoms with E-state index in [0.29, 0.717) is 6.54 Å². The zero-order chi connectivity index (χ0) is 10.8. The third-order valence-electron chi connectivity index (χ3n) is 2.11. The van der Waals surface area contributed by atoms with Crippen molar-refractivity contribution in [3.63, 3.8) is 0 Å². The van der Waals surface area contributed by atoms with Crippen LogP contribution in [0.4, 0.5) is 0 Å². The zero-order valence-corrected chi connectivity index (χ0v) is 9.33. The van der Waals surface area contributed by atoms with Crippen molar-refractivity contribution < 1.29 is 0 Å². The summed E-state index contributed by atoms with van der Waals surface area (Å²) in [7, 11) is 1.93. The van der Waals surface area contributed by atoms with Crippen LogP contribution in [0.1, 0.15) is 32.0 Å². The van der Waals surface area contributed by atoms with Crippen molar-refractivity contribution in [1.29, 1.82) is 0 Å². The number of hydrogen-bond acceptors (Lipinski definition) is 1. The maximum Gasteiger partial charge on any atom is 0.218 e. The molecular weight excluding hydrogens is 174 g/mol. The van der Waals surface area contributed by atoms with Gasteiger partial charge in [0.05, 0.1) is 5.69 Å². The predicted molar refractivity (Wildman–Crippen MR) is 57.1 cm³/mol. The molecule has 0 aliphatic heterocycles. The van der Waals surface area contributed by atoms with E-state index in [0.717, 1.165) is 12.1 Å². The molecule has 0 aromatic carbocycles. The van der Waals surface area contributed by atoms with Gasteiger partial charge in [-0.25, -0.2) is 6.57 Å². The summed E-state index contributed by atoms with van der Waals surface area (Å²) in [4.78, 5) is 3.38. The molecule has 0 unspecified atom stereocenters. The van der Waals surface area contributed by atoms with Crippen molar-refractivity contribution in [2.24, 2.45) is 7.05 Å². The monoisotopic (exact) mass is 191 g/mol. The fourth-order valence-electron chi connectivity index (χ4n) is 1.53. The van der Waals surface area contributed by atoms with Gasteiger partial charge >= 0.3 is 0 Å². The molecule has 0 atom stereocenters. The molecule has 1 aromatic rings. The molecule has 0 aliphatic rings. The third kappa shape index (κ3) is 2.35. The highest BCUT2D eigenvalue weighted by Crippen LogP contribution is 2.24. The molecule has 76 valence electrons. The zero-order valence-electron chi connectivity index (χ0n) is 9.33. The lowest BCUT2D eigenvalue weighted by atomic mass is 9.89. The van der Waals surface area contributed by atoms with Crippen LogP contribution in [0.25, 0.3) is 4.85 Å². The van der Waals surface area contributed by atoms with Gasteiger partial charge in [-0.15, -0.1) is 0 Å². The molecule has 0 saturated carbocycles. The fourth-order valence-corrected chi connectivity index (χ4v) is 1.53. The average molecular weight is 191 g/mol. The molecule has 1 heterocycles. The molecule has 1 aromatic heterocycles. The summed E-state index contributed by atoms with van der Waals surface area (Å²) in [6, 6.07) is 0. The Morgan fingerprint density at radius 1 is 1.50 bits per heavy atom. The van der Waals surface area contributed by atoms with E-state index in [1.165, 1.54) is 5.56 Å². The van der Waals surface area contributed by atoms with Crippen LogP contribution in [-0.4, -0.2) is 16.3 Å². The van der Waals surface area contributed by atoms with E-state index in [9.17, 15) is 0 Å². The van der Waals surface area contributed by atoms with Gasteiger partial charge in [0.25, 0.3) is 0 Å². The minimum atomic E-state index is 0.0681. The Morgan fingerprint density at radius 3 is 2.64 bits per heavy atom. The first-order valence-corrected chi connectivity index (χ1v) is 4.81. The first-order chi connectivity index (χ1) is 6.45. The van der Waals surface area contributed by atoms with E-state index in [1.54, 1.807) is 0 Å². The van der Waals surface area contributed by atoms with Gasteiger partial charge in [0.1, 0.15) is 0 Å². The summed E-state index contributed by atoms with van der Waals surface area (Å²) in [5.74, 6) is 0. The van der Waals surface area contributed by atoms with Crippen LogP contribution in [0.15, 0.2) is 6.20 Å². The number of hydrogen-bond donors (Lipinski definition) is 0. The second-order valence-electron chi connectivity index (χ2n) is 4.56. The van der Waals surface area contributed by atoms with E-state index >= 15 is 0 Å². The Balaban J connectivity index is 2.98. The van der Waals surface area contributed by atoms with Crippen molar-refractivity contribution in [2.75, 3.05) is 6.54 Å². The molecule has 3 nitrogen and oxygen atoms in total. The maximum absolute atomic E-state index is 6.78. The number of rotatable bonds is 2. The Morgan fingerprint density at radius 2 is 2.14 bits per heavy atom. The SMILES string of the molecule is [C-]#[N+]CCc1cn(C)nc1C(C)(C)C. The van der Waals surface area contributed by atoms with E-state index < -0.39 is 0 Å². The second kappa shape index (κ2) is 3.83. The highest BCUT2D eigenvalue weighted by molar-refractivity contribution is 5.24. The van der Waals surface area contributed by atoms with Crippen molar-refractivity contribution >= 4 is 0 Å². The molecule has 0 radical (unpaired) electrons. The van der Waals surface area contributed by atoms with Gasteiger partial charge < -0.3 is 4.85 Å². The van der Waals surface area contributed by atoms with Gasteiger partial charge in [0.2, 0.25) is 6.54 Å². The summed E-state index contributed by atoms with van der Waals surface area (Å²) in [5.41, 5.74) is 2.39. The van der Waals surface area contributed by atoms with Gasteiger partial charge in [0.15, 0.2) is 0 Å². The molecule has 0 saturated heterocycles. The largest absolute Gasteiger partial charge is 0.317 e. The summed E-state index contributed by atoms with van der Waals surface area (Å²) in [6.07, 6.45) is 2.83. The summed E-state index contributed by atoms with van der Waals surface area (Å²) < 4.78 is 1.83. The topological polar surface area (TPSA) is 22.2 Å². The van der Waals surface area contributed by atoms with Crippen LogP contribution in [0.3, 0.4) is 0 Å². The molecule has 0 spiro atoms. The van der Waals surface area contributed by atoms with E-state index in [4.69, 9.17) is 6.57 Å². The van der Waals surface area contributed by atoms with Crippen LogP contribution in [0.5, 0.6) is 0 Å². The first-order valence-electron chi connectivity index (χ1n) is 4.81. The summed E-state index contributed by atoms with van der Waals surface area (Å²) >= 11 is 0. The van der Waals surface area contributed by atoms with Gasteiger partial charge in [0, 0.05) is 30.6 Å². The van der Waals surface area contributed by atoms with Crippen LogP contribution in [-0.2, 0) is 18.9 Å². The van der Waals surface area contributed by atoms with Gasteiger partial charge in [-0.05, 0) is 0 Å². The van der Waals surface area contributed by atoms with Gasteiger partial charge in [-0.2, -0.15) is 5.10 Å². The summed E-state index contributed by atoms with van der Waals surface area (Å²) in [5, 5.41) is 4.45. The Kier molecular flexibility index (Phi) is 2.95. The first kappa shape index (κ1) is 10.8. The lowest BCUT2D eigenvalue weighted by Gasteiger charge is -2.16. The Hall–Kier alpha value is -1.30. The lowest BCUT2D eigenvalue weighted by Crippen LogP contribution is -2.15. The van der Waals surface area contributed by atoms with Crippen LogP contribution < -0.4 is 0 Å². The highest BCUT2D eigenvalue weighted by Gasteiger charge is 2.21. The minimum Gasteiger partial charge on any atom is -0.317 e. The van der Waals surface area contributed by atoms with Crippen molar-refractivity contribution in [3.05, 3.63) is 28.9 Å². The smallest absolute Gasteiger partial charge is 0.218 e. The number of aromatic nitrogens is 2. The third-order valence-corrected chi connectivity index (χ3v) is 2.11. The quantitative estimate of drug-likeness (QED) is 0.657. The van der Waals surface area contributed by atoms with E-state index in [1.807, 2.05) is 17.9 Å². The Labute approximate surface area is 85.6 Å². The Bertz CT molecular complexity index is 350. The predicted octanol–water partition coefficient (Wildman–Crippen LogP) is 2.18. The normalized spacial score (nSPS) is 11.4. The van der Waals surface area contributed by atoms with Gasteiger partial charge in [-0.3, -0.25) is 4.68 Å². The van der Waals surface area contributed by atoms with Crippen molar-refractivity contribution in [3.8, 4) is 0 Å². The highest BCUT2D eigenvalue weighted by atomic mass is 15.3. The van der Waals surface area contributed by atoms with Crippen molar-refractivity contribution in [2.45, 2.75) is 32.6 Å².